The molecule has 0 spiro atoms. The molecule has 0 bridgehead atoms. The lowest BCUT2D eigenvalue weighted by Crippen LogP contribution is -2.62. The molecule has 1 fully saturated rings. The average Bonchev–Trinajstić information content (AvgIpc) is 2.14. The van der Waals surface area contributed by atoms with Gasteiger partial charge in [0.1, 0.15) is 0 Å². The molecule has 0 aromatic rings. The SMILES string of the molecule is COCCN1CC(C)(C)NCC1CO. The minimum atomic E-state index is 0.138. The van der Waals surface area contributed by atoms with Gasteiger partial charge in [0.25, 0.3) is 0 Å². The second-order valence-corrected chi connectivity index (χ2v) is 4.56. The van der Waals surface area contributed by atoms with Crippen molar-refractivity contribution in [2.24, 2.45) is 0 Å². The fourth-order valence-electron chi connectivity index (χ4n) is 1.87. The Morgan fingerprint density at radius 1 is 1.57 bits per heavy atom. The molecule has 14 heavy (non-hydrogen) atoms. The molecule has 2 N–H and O–H groups in total. The lowest BCUT2D eigenvalue weighted by atomic mass is 9.99. The van der Waals surface area contributed by atoms with Crippen molar-refractivity contribution in [1.29, 1.82) is 0 Å². The zero-order valence-electron chi connectivity index (χ0n) is 9.42. The predicted molar refractivity (Wildman–Crippen MR) is 56.4 cm³/mol. The molecule has 4 nitrogen and oxygen atoms in total. The number of hydrogen-bond donors (Lipinski definition) is 2. The molecule has 1 aliphatic rings. The summed E-state index contributed by atoms with van der Waals surface area (Å²) in [7, 11) is 1.71. The van der Waals surface area contributed by atoms with Gasteiger partial charge in [-0.05, 0) is 13.8 Å². The van der Waals surface area contributed by atoms with Crippen LogP contribution in [0.3, 0.4) is 0 Å². The first-order valence-corrected chi connectivity index (χ1v) is 5.18. The molecule has 1 heterocycles. The first-order valence-electron chi connectivity index (χ1n) is 5.18. The van der Waals surface area contributed by atoms with Crippen molar-refractivity contribution in [2.75, 3.05) is 40.0 Å². The van der Waals surface area contributed by atoms with Crippen molar-refractivity contribution in [1.82, 2.24) is 10.2 Å². The Labute approximate surface area is 86.2 Å². The summed E-state index contributed by atoms with van der Waals surface area (Å²) in [6, 6.07) is 0.234. The molecule has 84 valence electrons. The maximum Gasteiger partial charge on any atom is 0.0599 e. The van der Waals surface area contributed by atoms with Crippen molar-refractivity contribution in [3.63, 3.8) is 0 Å². The Balaban J connectivity index is 2.47. The minimum absolute atomic E-state index is 0.138. The molecule has 0 radical (unpaired) electrons. The van der Waals surface area contributed by atoms with Gasteiger partial charge in [0.05, 0.1) is 13.2 Å². The van der Waals surface area contributed by atoms with Gasteiger partial charge in [0.2, 0.25) is 0 Å². The molecule has 1 unspecified atom stereocenters. The van der Waals surface area contributed by atoms with Gasteiger partial charge in [-0.2, -0.15) is 0 Å². The van der Waals surface area contributed by atoms with E-state index in [1.54, 1.807) is 7.11 Å². The van der Waals surface area contributed by atoms with Crippen molar-refractivity contribution >= 4 is 0 Å². The highest BCUT2D eigenvalue weighted by Crippen LogP contribution is 2.14. The molecule has 4 heteroatoms. The van der Waals surface area contributed by atoms with Crippen LogP contribution in [0.2, 0.25) is 0 Å². The van der Waals surface area contributed by atoms with E-state index in [0.29, 0.717) is 0 Å². The van der Waals surface area contributed by atoms with Crippen molar-refractivity contribution in [3.8, 4) is 0 Å². The molecule has 0 aliphatic carbocycles. The Bertz CT molecular complexity index is 174. The number of aliphatic hydroxyl groups is 1. The van der Waals surface area contributed by atoms with Crippen molar-refractivity contribution in [3.05, 3.63) is 0 Å². The molecule has 1 saturated heterocycles. The summed E-state index contributed by atoms with van der Waals surface area (Å²) in [5.74, 6) is 0. The summed E-state index contributed by atoms with van der Waals surface area (Å²) >= 11 is 0. The van der Waals surface area contributed by atoms with Crippen LogP contribution in [0.4, 0.5) is 0 Å². The number of rotatable bonds is 4. The number of aliphatic hydroxyl groups excluding tert-OH is 1. The standard InChI is InChI=1S/C10H22N2O2/c1-10(2)8-12(4-5-14-3)9(7-13)6-11-10/h9,11,13H,4-8H2,1-3H3. The van der Waals surface area contributed by atoms with Gasteiger partial charge in [0, 0.05) is 38.3 Å². The monoisotopic (exact) mass is 202 g/mol. The van der Waals surface area contributed by atoms with E-state index in [1.807, 2.05) is 0 Å². The smallest absolute Gasteiger partial charge is 0.0599 e. The first kappa shape index (κ1) is 11.9. The van der Waals surface area contributed by atoms with E-state index < -0.39 is 0 Å². The predicted octanol–water partition coefficient (Wildman–Crippen LogP) is -0.322. The maximum atomic E-state index is 9.21. The van der Waals surface area contributed by atoms with Crippen LogP contribution in [0.1, 0.15) is 13.8 Å². The highest BCUT2D eigenvalue weighted by atomic mass is 16.5. The average molecular weight is 202 g/mol. The number of piperazine rings is 1. The minimum Gasteiger partial charge on any atom is -0.395 e. The molecule has 0 saturated carbocycles. The van der Waals surface area contributed by atoms with Gasteiger partial charge >= 0.3 is 0 Å². The third kappa shape index (κ3) is 3.20. The summed E-state index contributed by atoms with van der Waals surface area (Å²) in [4.78, 5) is 2.29. The molecule has 0 aromatic heterocycles. The zero-order chi connectivity index (χ0) is 10.6. The lowest BCUT2D eigenvalue weighted by Gasteiger charge is -2.43. The van der Waals surface area contributed by atoms with E-state index in [1.165, 1.54) is 0 Å². The fraction of sp³-hybridized carbons (Fsp3) is 1.00. The summed E-state index contributed by atoms with van der Waals surface area (Å²) in [6.07, 6.45) is 0. The highest BCUT2D eigenvalue weighted by Gasteiger charge is 2.31. The topological polar surface area (TPSA) is 44.7 Å². The molecule has 1 rings (SSSR count). The van der Waals surface area contributed by atoms with Gasteiger partial charge in [-0.25, -0.2) is 0 Å². The highest BCUT2D eigenvalue weighted by molar-refractivity contribution is 4.91. The van der Waals surface area contributed by atoms with Crippen molar-refractivity contribution in [2.45, 2.75) is 25.4 Å². The van der Waals surface area contributed by atoms with Crippen LogP contribution in [0, 0.1) is 0 Å². The van der Waals surface area contributed by atoms with Crippen LogP contribution in [-0.4, -0.2) is 61.5 Å². The summed E-state index contributed by atoms with van der Waals surface area (Å²) < 4.78 is 5.06. The summed E-state index contributed by atoms with van der Waals surface area (Å²) in [5, 5.41) is 12.6. The largest absolute Gasteiger partial charge is 0.395 e. The molecule has 0 aromatic carbocycles. The quantitative estimate of drug-likeness (QED) is 0.656. The van der Waals surface area contributed by atoms with Crippen LogP contribution >= 0.6 is 0 Å². The van der Waals surface area contributed by atoms with Gasteiger partial charge in [-0.1, -0.05) is 0 Å². The molecule has 0 amide bonds. The van der Waals surface area contributed by atoms with Gasteiger partial charge in [0.15, 0.2) is 0 Å². The number of ether oxygens (including phenoxy) is 1. The van der Waals surface area contributed by atoms with Crippen LogP contribution in [0.15, 0.2) is 0 Å². The number of nitrogens with one attached hydrogen (secondary N) is 1. The van der Waals surface area contributed by atoms with Crippen LogP contribution < -0.4 is 5.32 Å². The lowest BCUT2D eigenvalue weighted by molar-refractivity contribution is 0.0372. The number of hydrogen-bond acceptors (Lipinski definition) is 4. The van der Waals surface area contributed by atoms with Crippen LogP contribution in [-0.2, 0) is 4.74 Å². The van der Waals surface area contributed by atoms with Gasteiger partial charge in [-0.15, -0.1) is 0 Å². The van der Waals surface area contributed by atoms with Crippen molar-refractivity contribution < 1.29 is 9.84 Å². The Hall–Kier alpha value is -0.160. The normalized spacial score (nSPS) is 27.9. The first-order chi connectivity index (χ1) is 6.59. The van der Waals surface area contributed by atoms with Crippen LogP contribution in [0.5, 0.6) is 0 Å². The number of nitrogens with zero attached hydrogens (tertiary/aromatic N) is 1. The third-order valence-electron chi connectivity index (χ3n) is 2.72. The van der Waals surface area contributed by atoms with E-state index in [4.69, 9.17) is 4.74 Å². The third-order valence-corrected chi connectivity index (χ3v) is 2.72. The Morgan fingerprint density at radius 2 is 2.29 bits per heavy atom. The molecular weight excluding hydrogens is 180 g/mol. The zero-order valence-corrected chi connectivity index (χ0v) is 9.42. The Kier molecular flexibility index (Phi) is 4.31. The second-order valence-electron chi connectivity index (χ2n) is 4.56. The van der Waals surface area contributed by atoms with E-state index in [9.17, 15) is 5.11 Å². The fourth-order valence-corrected chi connectivity index (χ4v) is 1.87. The van der Waals surface area contributed by atoms with Gasteiger partial charge in [-0.3, -0.25) is 4.90 Å². The summed E-state index contributed by atoms with van der Waals surface area (Å²) in [6.45, 7) is 8.02. The molecular formula is C10H22N2O2. The van der Waals surface area contributed by atoms with E-state index in [-0.39, 0.29) is 18.2 Å². The van der Waals surface area contributed by atoms with E-state index >= 15 is 0 Å². The van der Waals surface area contributed by atoms with E-state index in [2.05, 4.69) is 24.1 Å². The van der Waals surface area contributed by atoms with E-state index in [0.717, 1.165) is 26.2 Å². The second kappa shape index (κ2) is 5.07. The maximum absolute atomic E-state index is 9.21. The van der Waals surface area contributed by atoms with Gasteiger partial charge < -0.3 is 15.2 Å². The summed E-state index contributed by atoms with van der Waals surface area (Å²) in [5.41, 5.74) is 0.138. The molecule has 1 atom stereocenters. The molecule has 1 aliphatic heterocycles. The van der Waals surface area contributed by atoms with Crippen LogP contribution in [0.25, 0.3) is 0 Å². The number of methoxy groups -OCH3 is 1. The Morgan fingerprint density at radius 3 is 2.86 bits per heavy atom.